The fourth-order valence-electron chi connectivity index (χ4n) is 6.54. The second kappa shape index (κ2) is 4.97. The second-order valence-corrected chi connectivity index (χ2v) is 8.39. The van der Waals surface area contributed by atoms with Gasteiger partial charge in [0.15, 0.2) is 0 Å². The van der Waals surface area contributed by atoms with Crippen LogP contribution in [0.1, 0.15) is 58.8 Å². The molecule has 0 aromatic rings. The lowest BCUT2D eigenvalue weighted by Crippen LogP contribution is -2.57. The monoisotopic (exact) mass is 290 g/mol. The largest absolute Gasteiger partial charge is 0.338 e. The minimum absolute atomic E-state index is 0.0892. The summed E-state index contributed by atoms with van der Waals surface area (Å²) in [7, 11) is 0. The van der Waals surface area contributed by atoms with E-state index >= 15 is 0 Å². The number of likely N-dealkylation sites (N-methyl/N-ethyl adjacent to an activating group) is 1. The van der Waals surface area contributed by atoms with E-state index in [0.29, 0.717) is 17.4 Å². The molecule has 21 heavy (non-hydrogen) atoms. The van der Waals surface area contributed by atoms with Crippen LogP contribution in [0.2, 0.25) is 0 Å². The molecule has 5 rings (SSSR count). The van der Waals surface area contributed by atoms with Gasteiger partial charge in [-0.1, -0.05) is 6.92 Å². The highest BCUT2D eigenvalue weighted by Crippen LogP contribution is 2.62. The molecule has 1 heterocycles. The fraction of sp³-hybridized carbons (Fsp3) is 0.944. The van der Waals surface area contributed by atoms with Crippen molar-refractivity contribution in [1.82, 2.24) is 10.2 Å². The number of hydrogen-bond acceptors (Lipinski definition) is 2. The van der Waals surface area contributed by atoms with Crippen molar-refractivity contribution in [2.24, 2.45) is 23.2 Å². The first-order valence-corrected chi connectivity index (χ1v) is 9.15. The Morgan fingerprint density at radius 1 is 1.19 bits per heavy atom. The lowest BCUT2D eigenvalue weighted by Gasteiger charge is -2.60. The van der Waals surface area contributed by atoms with E-state index in [1.807, 2.05) is 0 Å². The SMILES string of the molecule is CCNC1CCN(C(C)C23CC4CC(CC(C4)C2)C3)C1=O. The summed E-state index contributed by atoms with van der Waals surface area (Å²) in [6.07, 6.45) is 9.66. The molecule has 4 aliphatic carbocycles. The number of nitrogens with one attached hydrogen (secondary N) is 1. The summed E-state index contributed by atoms with van der Waals surface area (Å²) in [6, 6.07) is 0.549. The summed E-state index contributed by atoms with van der Waals surface area (Å²) in [4.78, 5) is 14.9. The average molecular weight is 290 g/mol. The van der Waals surface area contributed by atoms with Gasteiger partial charge in [0, 0.05) is 12.6 Å². The van der Waals surface area contributed by atoms with Gasteiger partial charge in [-0.2, -0.15) is 0 Å². The van der Waals surface area contributed by atoms with E-state index in [4.69, 9.17) is 0 Å². The van der Waals surface area contributed by atoms with E-state index in [2.05, 4.69) is 24.1 Å². The molecule has 2 unspecified atom stereocenters. The molecule has 5 aliphatic rings. The van der Waals surface area contributed by atoms with Crippen LogP contribution in [0, 0.1) is 23.2 Å². The molecule has 0 aromatic heterocycles. The lowest BCUT2D eigenvalue weighted by molar-refractivity contribution is -0.141. The van der Waals surface area contributed by atoms with Crippen molar-refractivity contribution in [2.75, 3.05) is 13.1 Å². The van der Waals surface area contributed by atoms with Gasteiger partial charge >= 0.3 is 0 Å². The Balaban J connectivity index is 1.52. The summed E-state index contributed by atoms with van der Waals surface area (Å²) in [5.74, 6) is 3.29. The normalized spacial score (nSPS) is 46.4. The molecule has 118 valence electrons. The van der Waals surface area contributed by atoms with Crippen LogP contribution < -0.4 is 5.32 Å². The van der Waals surface area contributed by atoms with Crippen molar-refractivity contribution in [3.63, 3.8) is 0 Å². The number of hydrogen-bond donors (Lipinski definition) is 1. The minimum Gasteiger partial charge on any atom is -0.338 e. The zero-order valence-electron chi connectivity index (χ0n) is 13.6. The molecule has 0 radical (unpaired) electrons. The number of carbonyl (C=O) groups excluding carboxylic acids is 1. The quantitative estimate of drug-likeness (QED) is 0.863. The summed E-state index contributed by atoms with van der Waals surface area (Å²) in [5, 5.41) is 3.36. The van der Waals surface area contributed by atoms with Crippen molar-refractivity contribution < 1.29 is 4.79 Å². The molecular weight excluding hydrogens is 260 g/mol. The first-order valence-electron chi connectivity index (χ1n) is 9.15. The third-order valence-corrected chi connectivity index (χ3v) is 7.13. The summed E-state index contributed by atoms with van der Waals surface area (Å²) >= 11 is 0. The first kappa shape index (κ1) is 14.0. The molecule has 2 atom stereocenters. The van der Waals surface area contributed by atoms with E-state index in [0.717, 1.165) is 37.3 Å². The van der Waals surface area contributed by atoms with Crippen LogP contribution in [0.3, 0.4) is 0 Å². The molecule has 4 bridgehead atoms. The molecule has 3 nitrogen and oxygen atoms in total. The van der Waals surface area contributed by atoms with Crippen LogP contribution in [0.5, 0.6) is 0 Å². The topological polar surface area (TPSA) is 32.3 Å². The average Bonchev–Trinajstić information content (AvgIpc) is 2.78. The van der Waals surface area contributed by atoms with Gasteiger partial charge in [0.1, 0.15) is 0 Å². The smallest absolute Gasteiger partial charge is 0.240 e. The third-order valence-electron chi connectivity index (χ3n) is 7.13. The molecule has 4 saturated carbocycles. The van der Waals surface area contributed by atoms with Crippen molar-refractivity contribution >= 4 is 5.91 Å². The van der Waals surface area contributed by atoms with E-state index in [-0.39, 0.29) is 6.04 Å². The highest BCUT2D eigenvalue weighted by atomic mass is 16.2. The third kappa shape index (κ3) is 2.15. The molecule has 5 fully saturated rings. The Kier molecular flexibility index (Phi) is 3.33. The molecule has 0 aromatic carbocycles. The standard InChI is InChI=1S/C18H30N2O/c1-3-19-16-4-5-20(17(16)21)12(2)18-9-13-6-14(10-18)8-15(7-13)11-18/h12-16,19H,3-11H2,1-2H3. The number of amides is 1. The summed E-state index contributed by atoms with van der Waals surface area (Å²) in [5.41, 5.74) is 0.464. The van der Waals surface area contributed by atoms with Gasteiger partial charge < -0.3 is 10.2 Å². The zero-order chi connectivity index (χ0) is 14.6. The van der Waals surface area contributed by atoms with Crippen LogP contribution in [0.25, 0.3) is 0 Å². The molecule has 3 heteroatoms. The maximum atomic E-state index is 12.7. The van der Waals surface area contributed by atoms with Crippen molar-refractivity contribution in [3.05, 3.63) is 0 Å². The predicted molar refractivity (Wildman–Crippen MR) is 83.9 cm³/mol. The Labute approximate surface area is 128 Å². The Hall–Kier alpha value is -0.570. The highest BCUT2D eigenvalue weighted by molar-refractivity contribution is 5.84. The van der Waals surface area contributed by atoms with Crippen LogP contribution in [0.15, 0.2) is 0 Å². The maximum Gasteiger partial charge on any atom is 0.240 e. The highest BCUT2D eigenvalue weighted by Gasteiger charge is 2.55. The van der Waals surface area contributed by atoms with E-state index in [1.54, 1.807) is 0 Å². The summed E-state index contributed by atoms with van der Waals surface area (Å²) in [6.45, 7) is 6.33. The fourth-order valence-corrected chi connectivity index (χ4v) is 6.54. The van der Waals surface area contributed by atoms with Crippen LogP contribution in [-0.4, -0.2) is 36.0 Å². The van der Waals surface area contributed by atoms with Gasteiger partial charge in [-0.25, -0.2) is 0 Å². The number of carbonyl (C=O) groups is 1. The predicted octanol–water partition coefficient (Wildman–Crippen LogP) is 2.80. The summed E-state index contributed by atoms with van der Waals surface area (Å²) < 4.78 is 0. The van der Waals surface area contributed by atoms with Crippen LogP contribution in [-0.2, 0) is 4.79 Å². The Morgan fingerprint density at radius 2 is 1.76 bits per heavy atom. The van der Waals surface area contributed by atoms with Gasteiger partial charge in [-0.3, -0.25) is 4.79 Å². The number of likely N-dealkylation sites (tertiary alicyclic amines) is 1. The second-order valence-electron chi connectivity index (χ2n) is 8.39. The van der Waals surface area contributed by atoms with E-state index < -0.39 is 0 Å². The minimum atomic E-state index is 0.0892. The van der Waals surface area contributed by atoms with Crippen molar-refractivity contribution in [2.45, 2.75) is 70.9 Å². The van der Waals surface area contributed by atoms with Gasteiger partial charge in [-0.15, -0.1) is 0 Å². The molecular formula is C18H30N2O. The van der Waals surface area contributed by atoms with E-state index in [9.17, 15) is 4.79 Å². The van der Waals surface area contributed by atoms with Crippen molar-refractivity contribution in [3.8, 4) is 0 Å². The molecule has 1 aliphatic heterocycles. The van der Waals surface area contributed by atoms with Crippen LogP contribution >= 0.6 is 0 Å². The van der Waals surface area contributed by atoms with Crippen molar-refractivity contribution in [1.29, 1.82) is 0 Å². The molecule has 1 amide bonds. The maximum absolute atomic E-state index is 12.7. The Morgan fingerprint density at radius 3 is 2.29 bits per heavy atom. The first-order chi connectivity index (χ1) is 10.1. The van der Waals surface area contributed by atoms with E-state index in [1.165, 1.54) is 38.5 Å². The lowest BCUT2D eigenvalue weighted by atomic mass is 9.47. The zero-order valence-corrected chi connectivity index (χ0v) is 13.6. The van der Waals surface area contributed by atoms with Gasteiger partial charge in [0.2, 0.25) is 5.91 Å². The Bertz CT molecular complexity index is 398. The van der Waals surface area contributed by atoms with Gasteiger partial charge in [-0.05, 0) is 81.6 Å². The molecule has 1 N–H and O–H groups in total. The molecule has 0 spiro atoms. The molecule has 1 saturated heterocycles. The van der Waals surface area contributed by atoms with Crippen LogP contribution in [0.4, 0.5) is 0 Å². The van der Waals surface area contributed by atoms with Gasteiger partial charge in [0.25, 0.3) is 0 Å². The number of rotatable bonds is 4. The van der Waals surface area contributed by atoms with Gasteiger partial charge in [0.05, 0.1) is 6.04 Å². The number of nitrogens with zero attached hydrogens (tertiary/aromatic N) is 1.